The van der Waals surface area contributed by atoms with Crippen molar-refractivity contribution in [2.75, 3.05) is 0 Å². The van der Waals surface area contributed by atoms with Crippen LogP contribution in [-0.4, -0.2) is 4.57 Å². The van der Waals surface area contributed by atoms with Gasteiger partial charge < -0.3 is 0 Å². The van der Waals surface area contributed by atoms with Gasteiger partial charge in [-0.1, -0.05) is 42.5 Å². The molecule has 1 aromatic heterocycles. The number of hydrogen-bond acceptors (Lipinski definition) is 0. The first-order valence-corrected chi connectivity index (χ1v) is 5.82. The summed E-state index contributed by atoms with van der Waals surface area (Å²) >= 11 is 0. The lowest BCUT2D eigenvalue weighted by atomic mass is 10.2. The molecule has 2 nitrogen and oxygen atoms in total. The molecule has 84 valence electrons. The van der Waals surface area contributed by atoms with Gasteiger partial charge in [0.15, 0.2) is 11.0 Å². The molecule has 0 aliphatic heterocycles. The minimum Gasteiger partial charge on any atom is -0.233 e. The number of rotatable bonds is 2. The molecule has 3 rings (SSSR count). The van der Waals surface area contributed by atoms with Gasteiger partial charge in [-0.25, -0.2) is 9.13 Å². The molecule has 0 atom stereocenters. The first kappa shape index (κ1) is 10.1. The fourth-order valence-corrected chi connectivity index (χ4v) is 2.24. The van der Waals surface area contributed by atoms with Crippen LogP contribution in [0.1, 0.15) is 5.56 Å². The van der Waals surface area contributed by atoms with Crippen LogP contribution in [0.2, 0.25) is 0 Å². The van der Waals surface area contributed by atoms with E-state index in [9.17, 15) is 0 Å². The molecule has 0 saturated heterocycles. The van der Waals surface area contributed by atoms with Crippen molar-refractivity contribution >= 4 is 11.0 Å². The average molecular weight is 223 g/mol. The number of aryl methyl sites for hydroxylation is 1. The standard InChI is InChI=1S/C15H15N2/c1-16-12-17(11-13-7-3-2-4-8-13)15-10-6-5-9-14(15)16/h2-10,12H,11H2,1H3/q+1. The summed E-state index contributed by atoms with van der Waals surface area (Å²) in [4.78, 5) is 0. The lowest BCUT2D eigenvalue weighted by Crippen LogP contribution is -2.25. The Balaban J connectivity index is 2.07. The van der Waals surface area contributed by atoms with Gasteiger partial charge in [-0.15, -0.1) is 0 Å². The summed E-state index contributed by atoms with van der Waals surface area (Å²) < 4.78 is 4.45. The Hall–Kier alpha value is -2.09. The molecule has 0 amide bonds. The average Bonchev–Trinajstić information content (AvgIpc) is 2.69. The summed E-state index contributed by atoms with van der Waals surface area (Å²) in [5.74, 6) is 0. The fraction of sp³-hybridized carbons (Fsp3) is 0.133. The maximum absolute atomic E-state index is 2.28. The topological polar surface area (TPSA) is 8.81 Å². The van der Waals surface area contributed by atoms with Gasteiger partial charge in [-0.3, -0.25) is 0 Å². The van der Waals surface area contributed by atoms with Crippen molar-refractivity contribution in [3.63, 3.8) is 0 Å². The molecular weight excluding hydrogens is 208 g/mol. The summed E-state index contributed by atoms with van der Waals surface area (Å²) in [5, 5.41) is 0. The van der Waals surface area contributed by atoms with E-state index in [1.807, 2.05) is 0 Å². The maximum atomic E-state index is 2.28. The Kier molecular flexibility index (Phi) is 2.41. The second-order valence-corrected chi connectivity index (χ2v) is 4.33. The smallest absolute Gasteiger partial charge is 0.233 e. The molecule has 2 aromatic carbocycles. The zero-order valence-corrected chi connectivity index (χ0v) is 9.88. The van der Waals surface area contributed by atoms with Crippen LogP contribution >= 0.6 is 0 Å². The highest BCUT2D eigenvalue weighted by molar-refractivity contribution is 5.71. The second kappa shape index (κ2) is 4.06. The van der Waals surface area contributed by atoms with Crippen LogP contribution < -0.4 is 4.57 Å². The molecule has 0 aliphatic rings. The van der Waals surface area contributed by atoms with Gasteiger partial charge in [0, 0.05) is 0 Å². The summed E-state index contributed by atoms with van der Waals surface area (Å²) in [7, 11) is 2.09. The Morgan fingerprint density at radius 3 is 2.47 bits per heavy atom. The quantitative estimate of drug-likeness (QED) is 0.590. The lowest BCUT2D eigenvalue weighted by molar-refractivity contribution is -0.645. The predicted octanol–water partition coefficient (Wildman–Crippen LogP) is 2.51. The number of aromatic nitrogens is 2. The van der Waals surface area contributed by atoms with Crippen LogP contribution in [0.25, 0.3) is 11.0 Å². The third-order valence-corrected chi connectivity index (χ3v) is 3.08. The molecule has 0 saturated carbocycles. The summed E-state index contributed by atoms with van der Waals surface area (Å²) in [6, 6.07) is 19.0. The highest BCUT2D eigenvalue weighted by Gasteiger charge is 2.11. The van der Waals surface area contributed by atoms with Gasteiger partial charge in [0.1, 0.15) is 6.54 Å². The molecule has 17 heavy (non-hydrogen) atoms. The van der Waals surface area contributed by atoms with Gasteiger partial charge in [-0.2, -0.15) is 0 Å². The summed E-state index contributed by atoms with van der Waals surface area (Å²) in [6.45, 7) is 0.919. The first-order chi connectivity index (χ1) is 8.34. The van der Waals surface area contributed by atoms with Crippen molar-refractivity contribution in [2.45, 2.75) is 6.54 Å². The monoisotopic (exact) mass is 223 g/mol. The van der Waals surface area contributed by atoms with Crippen molar-refractivity contribution in [1.82, 2.24) is 4.57 Å². The van der Waals surface area contributed by atoms with Gasteiger partial charge in [0.05, 0.1) is 7.05 Å². The number of hydrogen-bond donors (Lipinski definition) is 0. The maximum Gasteiger partial charge on any atom is 0.244 e. The number of nitrogens with zero attached hydrogens (tertiary/aromatic N) is 2. The van der Waals surface area contributed by atoms with E-state index < -0.39 is 0 Å². The molecule has 2 heteroatoms. The van der Waals surface area contributed by atoms with Crippen molar-refractivity contribution in [3.05, 3.63) is 66.5 Å². The molecule has 1 heterocycles. The van der Waals surface area contributed by atoms with E-state index in [0.717, 1.165) is 6.54 Å². The molecular formula is C15H15N2+. The summed E-state index contributed by atoms with van der Waals surface area (Å²) in [5.41, 5.74) is 3.87. The van der Waals surface area contributed by atoms with Crippen LogP contribution in [0, 0.1) is 0 Å². The van der Waals surface area contributed by atoms with Crippen LogP contribution in [-0.2, 0) is 13.6 Å². The molecule has 3 aromatic rings. The molecule has 0 bridgehead atoms. The van der Waals surface area contributed by atoms with Gasteiger partial charge in [0.2, 0.25) is 6.33 Å². The van der Waals surface area contributed by atoms with Crippen molar-refractivity contribution < 1.29 is 4.57 Å². The Bertz CT molecular complexity index is 638. The fourth-order valence-electron chi connectivity index (χ4n) is 2.24. The number of para-hydroxylation sites is 2. The number of benzene rings is 2. The third kappa shape index (κ3) is 1.82. The normalized spacial score (nSPS) is 10.9. The van der Waals surface area contributed by atoms with E-state index in [1.165, 1.54) is 16.6 Å². The predicted molar refractivity (Wildman–Crippen MR) is 68.7 cm³/mol. The van der Waals surface area contributed by atoms with E-state index in [2.05, 4.69) is 77.1 Å². The third-order valence-electron chi connectivity index (χ3n) is 3.08. The highest BCUT2D eigenvalue weighted by atomic mass is 15.1. The van der Waals surface area contributed by atoms with E-state index in [1.54, 1.807) is 0 Å². The molecule has 0 radical (unpaired) electrons. The Morgan fingerprint density at radius 1 is 0.941 bits per heavy atom. The number of fused-ring (bicyclic) bond motifs is 1. The zero-order chi connectivity index (χ0) is 11.7. The Labute approximate surface area is 101 Å². The van der Waals surface area contributed by atoms with Gasteiger partial charge >= 0.3 is 0 Å². The molecule has 0 N–H and O–H groups in total. The lowest BCUT2D eigenvalue weighted by Gasteiger charge is -1.97. The largest absolute Gasteiger partial charge is 0.244 e. The van der Waals surface area contributed by atoms with Crippen LogP contribution in [0.4, 0.5) is 0 Å². The van der Waals surface area contributed by atoms with Crippen molar-refractivity contribution in [3.8, 4) is 0 Å². The van der Waals surface area contributed by atoms with Crippen LogP contribution in [0.3, 0.4) is 0 Å². The van der Waals surface area contributed by atoms with Crippen LogP contribution in [0.5, 0.6) is 0 Å². The molecule has 0 unspecified atom stereocenters. The van der Waals surface area contributed by atoms with E-state index in [0.29, 0.717) is 0 Å². The Morgan fingerprint density at radius 2 is 1.65 bits per heavy atom. The summed E-state index contributed by atoms with van der Waals surface area (Å²) in [6.07, 6.45) is 2.15. The van der Waals surface area contributed by atoms with E-state index in [-0.39, 0.29) is 0 Å². The highest BCUT2D eigenvalue weighted by Crippen LogP contribution is 2.12. The molecule has 0 aliphatic carbocycles. The van der Waals surface area contributed by atoms with Crippen LogP contribution in [0.15, 0.2) is 60.9 Å². The van der Waals surface area contributed by atoms with Crippen molar-refractivity contribution in [1.29, 1.82) is 0 Å². The molecule has 0 fully saturated rings. The second-order valence-electron chi connectivity index (χ2n) is 4.33. The van der Waals surface area contributed by atoms with E-state index in [4.69, 9.17) is 0 Å². The minimum absolute atomic E-state index is 0.919. The number of imidazole rings is 1. The molecule has 0 spiro atoms. The first-order valence-electron chi connectivity index (χ1n) is 5.82. The minimum atomic E-state index is 0.919. The van der Waals surface area contributed by atoms with E-state index >= 15 is 0 Å². The SMILES string of the molecule is C[n+]1cn(Cc2ccccc2)c2ccccc21. The zero-order valence-electron chi connectivity index (χ0n) is 9.88. The van der Waals surface area contributed by atoms with Gasteiger partial charge in [-0.05, 0) is 17.7 Å². The van der Waals surface area contributed by atoms with Crippen molar-refractivity contribution in [2.24, 2.45) is 7.05 Å². The van der Waals surface area contributed by atoms with Gasteiger partial charge in [0.25, 0.3) is 0 Å².